The molecule has 2 aromatic rings. The van der Waals surface area contributed by atoms with E-state index in [1.165, 1.54) is 11.8 Å². The number of tetrazole rings is 1. The summed E-state index contributed by atoms with van der Waals surface area (Å²) in [5, 5.41) is 25.0. The molecule has 1 unspecified atom stereocenters. The van der Waals surface area contributed by atoms with E-state index in [4.69, 9.17) is 0 Å². The average Bonchev–Trinajstić information content (AvgIpc) is 2.95. The second kappa shape index (κ2) is 5.57. The SMILES string of the molecule is CC(NC(=O)CSc1nncn1C1CC1)c1nn[nH]n1. The number of nitrogens with one attached hydrogen (secondary N) is 2. The van der Waals surface area contributed by atoms with Gasteiger partial charge in [-0.1, -0.05) is 17.0 Å². The molecule has 20 heavy (non-hydrogen) atoms. The van der Waals surface area contributed by atoms with Gasteiger partial charge in [-0.2, -0.15) is 5.21 Å². The molecule has 0 bridgehead atoms. The van der Waals surface area contributed by atoms with Crippen molar-refractivity contribution in [2.75, 3.05) is 5.75 Å². The molecule has 0 aliphatic heterocycles. The van der Waals surface area contributed by atoms with Gasteiger partial charge < -0.3 is 9.88 Å². The Morgan fingerprint density at radius 1 is 1.60 bits per heavy atom. The van der Waals surface area contributed by atoms with Crippen LogP contribution in [0.3, 0.4) is 0 Å². The lowest BCUT2D eigenvalue weighted by Crippen LogP contribution is -2.29. The predicted molar refractivity (Wildman–Crippen MR) is 69.8 cm³/mol. The van der Waals surface area contributed by atoms with Crippen molar-refractivity contribution in [3.05, 3.63) is 12.2 Å². The van der Waals surface area contributed by atoms with Gasteiger partial charge in [-0.05, 0) is 19.8 Å². The van der Waals surface area contributed by atoms with Gasteiger partial charge in [0.15, 0.2) is 11.0 Å². The van der Waals surface area contributed by atoms with E-state index in [-0.39, 0.29) is 17.7 Å². The van der Waals surface area contributed by atoms with Crippen LogP contribution in [0.5, 0.6) is 0 Å². The summed E-state index contributed by atoms with van der Waals surface area (Å²) in [7, 11) is 0. The van der Waals surface area contributed by atoms with Gasteiger partial charge in [0.2, 0.25) is 5.91 Å². The van der Waals surface area contributed by atoms with Crippen LogP contribution >= 0.6 is 11.8 Å². The number of hydrogen-bond donors (Lipinski definition) is 2. The minimum Gasteiger partial charge on any atom is -0.345 e. The molecule has 2 heterocycles. The van der Waals surface area contributed by atoms with Crippen molar-refractivity contribution in [1.29, 1.82) is 0 Å². The highest BCUT2D eigenvalue weighted by atomic mass is 32.2. The van der Waals surface area contributed by atoms with Gasteiger partial charge in [0, 0.05) is 6.04 Å². The van der Waals surface area contributed by atoms with Crippen LogP contribution in [0.25, 0.3) is 0 Å². The molecule has 1 atom stereocenters. The molecule has 3 rings (SSSR count). The first kappa shape index (κ1) is 13.0. The van der Waals surface area contributed by atoms with E-state index in [2.05, 4.69) is 36.1 Å². The highest BCUT2D eigenvalue weighted by Gasteiger charge is 2.26. The van der Waals surface area contributed by atoms with Crippen molar-refractivity contribution in [1.82, 2.24) is 40.7 Å². The fourth-order valence-electron chi connectivity index (χ4n) is 1.77. The van der Waals surface area contributed by atoms with Crippen LogP contribution in [-0.4, -0.2) is 47.0 Å². The first-order valence-corrected chi connectivity index (χ1v) is 7.27. The van der Waals surface area contributed by atoms with Crippen molar-refractivity contribution < 1.29 is 4.79 Å². The maximum absolute atomic E-state index is 11.9. The van der Waals surface area contributed by atoms with Crippen molar-refractivity contribution in [3.63, 3.8) is 0 Å². The molecular formula is C10H14N8OS. The van der Waals surface area contributed by atoms with Gasteiger partial charge >= 0.3 is 0 Å². The molecule has 1 aliphatic rings. The van der Waals surface area contributed by atoms with Gasteiger partial charge in [0.05, 0.1) is 11.8 Å². The van der Waals surface area contributed by atoms with Crippen LogP contribution in [0.4, 0.5) is 0 Å². The van der Waals surface area contributed by atoms with E-state index < -0.39 is 0 Å². The summed E-state index contributed by atoms with van der Waals surface area (Å²) in [6.07, 6.45) is 4.04. The third-order valence-corrected chi connectivity index (χ3v) is 3.90. The molecule has 2 N–H and O–H groups in total. The molecule has 0 aromatic carbocycles. The van der Waals surface area contributed by atoms with E-state index in [9.17, 15) is 4.79 Å². The highest BCUT2D eigenvalue weighted by Crippen LogP contribution is 2.37. The first-order valence-electron chi connectivity index (χ1n) is 6.29. The number of carbonyl (C=O) groups is 1. The van der Waals surface area contributed by atoms with Crippen molar-refractivity contribution in [3.8, 4) is 0 Å². The van der Waals surface area contributed by atoms with Crippen LogP contribution in [0, 0.1) is 0 Å². The van der Waals surface area contributed by atoms with Gasteiger partial charge in [-0.15, -0.1) is 20.4 Å². The standard InChI is InChI=1S/C10H14N8OS/c1-6(9-13-16-17-14-9)12-8(19)4-20-10-15-11-5-18(10)7-2-3-7/h5-7H,2-4H2,1H3,(H,12,19)(H,13,14,16,17). The minimum absolute atomic E-state index is 0.0994. The molecule has 1 aliphatic carbocycles. The van der Waals surface area contributed by atoms with Gasteiger partial charge in [0.1, 0.15) is 6.33 Å². The summed E-state index contributed by atoms with van der Waals surface area (Å²) < 4.78 is 2.03. The molecule has 0 saturated heterocycles. The smallest absolute Gasteiger partial charge is 0.231 e. The summed E-state index contributed by atoms with van der Waals surface area (Å²) in [5.41, 5.74) is 0. The zero-order valence-corrected chi connectivity index (χ0v) is 11.7. The predicted octanol–water partition coefficient (Wildman–Crippen LogP) is 0.0956. The number of amides is 1. The molecule has 106 valence electrons. The van der Waals surface area contributed by atoms with Crippen LogP contribution < -0.4 is 5.32 Å². The Morgan fingerprint density at radius 2 is 2.45 bits per heavy atom. The van der Waals surface area contributed by atoms with Crippen molar-refractivity contribution in [2.24, 2.45) is 0 Å². The van der Waals surface area contributed by atoms with Crippen LogP contribution in [-0.2, 0) is 4.79 Å². The van der Waals surface area contributed by atoms with E-state index in [1.54, 1.807) is 13.3 Å². The molecule has 2 aromatic heterocycles. The summed E-state index contributed by atoms with van der Waals surface area (Å²) in [6.45, 7) is 1.81. The molecule has 10 heteroatoms. The topological polar surface area (TPSA) is 114 Å². The maximum Gasteiger partial charge on any atom is 0.231 e. The van der Waals surface area contributed by atoms with E-state index in [1.807, 2.05) is 4.57 Å². The molecule has 1 saturated carbocycles. The summed E-state index contributed by atoms with van der Waals surface area (Å²) in [6, 6.07) is 0.233. The lowest BCUT2D eigenvalue weighted by molar-refractivity contribution is -0.119. The molecule has 0 radical (unpaired) electrons. The second-order valence-corrected chi connectivity index (χ2v) is 5.54. The normalized spacial score (nSPS) is 16.1. The second-order valence-electron chi connectivity index (χ2n) is 4.60. The summed E-state index contributed by atoms with van der Waals surface area (Å²) in [4.78, 5) is 11.9. The monoisotopic (exact) mass is 294 g/mol. The lowest BCUT2D eigenvalue weighted by Gasteiger charge is -2.09. The Morgan fingerprint density at radius 3 is 3.15 bits per heavy atom. The number of aromatic amines is 1. The average molecular weight is 294 g/mol. The van der Waals surface area contributed by atoms with Crippen LogP contribution in [0.15, 0.2) is 11.5 Å². The highest BCUT2D eigenvalue weighted by molar-refractivity contribution is 7.99. The third kappa shape index (κ3) is 2.95. The van der Waals surface area contributed by atoms with Crippen LogP contribution in [0.2, 0.25) is 0 Å². The number of H-pyrrole nitrogens is 1. The molecule has 1 amide bonds. The first-order chi connectivity index (χ1) is 9.74. The molecule has 0 spiro atoms. The number of nitrogens with zero attached hydrogens (tertiary/aromatic N) is 6. The Labute approximate surface area is 118 Å². The van der Waals surface area contributed by atoms with Gasteiger partial charge in [-0.25, -0.2) is 0 Å². The summed E-state index contributed by atoms with van der Waals surface area (Å²) >= 11 is 1.38. The van der Waals surface area contributed by atoms with Crippen LogP contribution in [0.1, 0.15) is 37.7 Å². The lowest BCUT2D eigenvalue weighted by atomic mass is 10.3. The van der Waals surface area contributed by atoms with Crippen molar-refractivity contribution >= 4 is 17.7 Å². The molecule has 9 nitrogen and oxygen atoms in total. The largest absolute Gasteiger partial charge is 0.345 e. The Balaban J connectivity index is 1.50. The maximum atomic E-state index is 11.9. The Bertz CT molecular complexity index is 578. The fraction of sp³-hybridized carbons (Fsp3) is 0.600. The zero-order valence-electron chi connectivity index (χ0n) is 10.9. The number of rotatable bonds is 6. The quantitative estimate of drug-likeness (QED) is 0.726. The third-order valence-electron chi connectivity index (χ3n) is 2.94. The minimum atomic E-state index is -0.275. The molecule has 1 fully saturated rings. The van der Waals surface area contributed by atoms with E-state index in [0.29, 0.717) is 11.9 Å². The van der Waals surface area contributed by atoms with E-state index >= 15 is 0 Å². The Kier molecular flexibility index (Phi) is 3.63. The number of thioether (sulfide) groups is 1. The summed E-state index contributed by atoms with van der Waals surface area (Å²) in [5.74, 6) is 0.648. The molecular weight excluding hydrogens is 280 g/mol. The zero-order chi connectivity index (χ0) is 13.9. The number of carbonyl (C=O) groups excluding carboxylic acids is 1. The Hall–Kier alpha value is -1.97. The van der Waals surface area contributed by atoms with Gasteiger partial charge in [0.25, 0.3) is 0 Å². The van der Waals surface area contributed by atoms with E-state index in [0.717, 1.165) is 18.0 Å². The van der Waals surface area contributed by atoms with Crippen molar-refractivity contribution in [2.45, 2.75) is 37.0 Å². The fourth-order valence-corrected chi connectivity index (χ4v) is 2.56. The van der Waals surface area contributed by atoms with Gasteiger partial charge in [-0.3, -0.25) is 4.79 Å². The number of aromatic nitrogens is 7. The number of hydrogen-bond acceptors (Lipinski definition) is 7.